The van der Waals surface area contributed by atoms with Gasteiger partial charge in [-0.2, -0.15) is 0 Å². The van der Waals surface area contributed by atoms with E-state index in [-0.39, 0.29) is 11.9 Å². The van der Waals surface area contributed by atoms with Crippen molar-refractivity contribution in [2.45, 2.75) is 17.4 Å². The molecule has 1 unspecified atom stereocenters. The maximum absolute atomic E-state index is 12.7. The fraction of sp³-hybridized carbons (Fsp3) is 0.278. The Hall–Kier alpha value is -1.85. The molecule has 24 heavy (non-hydrogen) atoms. The van der Waals surface area contributed by atoms with Crippen LogP contribution in [0.4, 0.5) is 0 Å². The fourth-order valence-corrected chi connectivity index (χ4v) is 4.20. The van der Waals surface area contributed by atoms with Gasteiger partial charge in [-0.15, -0.1) is 11.8 Å². The van der Waals surface area contributed by atoms with Crippen molar-refractivity contribution in [3.05, 3.63) is 52.5 Å². The van der Waals surface area contributed by atoms with Crippen molar-refractivity contribution in [1.29, 1.82) is 0 Å². The zero-order valence-corrected chi connectivity index (χ0v) is 15.0. The van der Waals surface area contributed by atoms with Crippen LogP contribution in [0.15, 0.2) is 41.3 Å². The van der Waals surface area contributed by atoms with E-state index < -0.39 is 0 Å². The minimum absolute atomic E-state index is 0.00169. The molecule has 1 amide bonds. The standard InChI is InChI=1S/C18H18ClNO3S/c1-22-15-10-11(9-13(19)17(15)23-2)18(21)20-14-7-8-24-16-6-4-3-5-12(14)16/h3-6,9-10,14H,7-8H2,1-2H3,(H,20,21). The van der Waals surface area contributed by atoms with Crippen molar-refractivity contribution >= 4 is 29.3 Å². The first-order chi connectivity index (χ1) is 11.6. The Morgan fingerprint density at radius 3 is 2.79 bits per heavy atom. The van der Waals surface area contributed by atoms with Gasteiger partial charge in [0.2, 0.25) is 0 Å². The van der Waals surface area contributed by atoms with Crippen LogP contribution in [0.25, 0.3) is 0 Å². The first-order valence-electron chi connectivity index (χ1n) is 7.58. The molecule has 0 aliphatic carbocycles. The fourth-order valence-electron chi connectivity index (χ4n) is 2.78. The molecule has 1 aliphatic heterocycles. The van der Waals surface area contributed by atoms with E-state index in [1.54, 1.807) is 12.1 Å². The van der Waals surface area contributed by atoms with Crippen LogP contribution >= 0.6 is 23.4 Å². The Morgan fingerprint density at radius 2 is 2.04 bits per heavy atom. The number of halogens is 1. The number of rotatable bonds is 4. The summed E-state index contributed by atoms with van der Waals surface area (Å²) < 4.78 is 10.5. The normalized spacial score (nSPS) is 16.2. The first-order valence-corrected chi connectivity index (χ1v) is 8.94. The number of methoxy groups -OCH3 is 2. The highest BCUT2D eigenvalue weighted by molar-refractivity contribution is 7.99. The third-order valence-corrected chi connectivity index (χ3v) is 5.36. The summed E-state index contributed by atoms with van der Waals surface area (Å²) in [6.45, 7) is 0. The quantitative estimate of drug-likeness (QED) is 0.878. The van der Waals surface area contributed by atoms with Gasteiger partial charge in [-0.25, -0.2) is 0 Å². The van der Waals surface area contributed by atoms with Gasteiger partial charge in [0.25, 0.3) is 5.91 Å². The third kappa shape index (κ3) is 3.32. The summed E-state index contributed by atoms with van der Waals surface area (Å²) in [6, 6.07) is 11.4. The second kappa shape index (κ2) is 7.36. The van der Waals surface area contributed by atoms with E-state index in [1.807, 2.05) is 23.9 Å². The molecule has 0 saturated carbocycles. The molecule has 2 aromatic carbocycles. The average molecular weight is 364 g/mol. The highest BCUT2D eigenvalue weighted by Crippen LogP contribution is 2.38. The Kier molecular flexibility index (Phi) is 5.21. The number of hydrogen-bond acceptors (Lipinski definition) is 4. The highest BCUT2D eigenvalue weighted by atomic mass is 35.5. The molecule has 3 rings (SSSR count). The summed E-state index contributed by atoms with van der Waals surface area (Å²) in [7, 11) is 3.03. The van der Waals surface area contributed by atoms with Crippen LogP contribution in [-0.4, -0.2) is 25.9 Å². The van der Waals surface area contributed by atoms with Crippen molar-refractivity contribution in [3.63, 3.8) is 0 Å². The van der Waals surface area contributed by atoms with Crippen molar-refractivity contribution < 1.29 is 14.3 Å². The summed E-state index contributed by atoms with van der Waals surface area (Å²) in [5, 5.41) is 3.45. The third-order valence-electron chi connectivity index (χ3n) is 3.96. The smallest absolute Gasteiger partial charge is 0.251 e. The number of thioether (sulfide) groups is 1. The lowest BCUT2D eigenvalue weighted by molar-refractivity contribution is 0.0934. The van der Waals surface area contributed by atoms with E-state index in [0.717, 1.165) is 17.7 Å². The number of ether oxygens (including phenoxy) is 2. The molecule has 1 N–H and O–H groups in total. The monoisotopic (exact) mass is 363 g/mol. The molecule has 0 bridgehead atoms. The van der Waals surface area contributed by atoms with E-state index in [4.69, 9.17) is 21.1 Å². The van der Waals surface area contributed by atoms with Gasteiger partial charge in [-0.3, -0.25) is 4.79 Å². The Balaban J connectivity index is 1.85. The van der Waals surface area contributed by atoms with Crippen molar-refractivity contribution in [1.82, 2.24) is 5.32 Å². The van der Waals surface area contributed by atoms with E-state index >= 15 is 0 Å². The van der Waals surface area contributed by atoms with Gasteiger partial charge in [0.05, 0.1) is 25.3 Å². The van der Waals surface area contributed by atoms with Crippen LogP contribution < -0.4 is 14.8 Å². The SMILES string of the molecule is COc1cc(C(=O)NC2CCSc3ccccc32)cc(Cl)c1OC. The zero-order chi connectivity index (χ0) is 17.1. The Labute approximate surface area is 150 Å². The van der Waals surface area contributed by atoms with E-state index in [1.165, 1.54) is 19.1 Å². The van der Waals surface area contributed by atoms with Crippen LogP contribution in [0.1, 0.15) is 28.4 Å². The van der Waals surface area contributed by atoms with Gasteiger partial charge >= 0.3 is 0 Å². The second-order valence-corrected chi connectivity index (χ2v) is 6.94. The number of carbonyl (C=O) groups excluding carboxylic acids is 1. The number of amides is 1. The van der Waals surface area contributed by atoms with Gasteiger partial charge in [0.1, 0.15) is 0 Å². The van der Waals surface area contributed by atoms with Crippen LogP contribution in [0.2, 0.25) is 5.02 Å². The molecule has 4 nitrogen and oxygen atoms in total. The molecule has 1 atom stereocenters. The van der Waals surface area contributed by atoms with Gasteiger partial charge < -0.3 is 14.8 Å². The second-order valence-electron chi connectivity index (χ2n) is 5.39. The minimum atomic E-state index is -0.176. The van der Waals surface area contributed by atoms with Crippen LogP contribution in [0.3, 0.4) is 0 Å². The molecular formula is C18H18ClNO3S. The summed E-state index contributed by atoms with van der Waals surface area (Å²) in [5.74, 6) is 1.67. The molecule has 0 radical (unpaired) electrons. The van der Waals surface area contributed by atoms with Gasteiger partial charge in [0, 0.05) is 16.2 Å². The van der Waals surface area contributed by atoms with E-state index in [9.17, 15) is 4.79 Å². The molecule has 1 aliphatic rings. The van der Waals surface area contributed by atoms with Gasteiger partial charge in [0.15, 0.2) is 11.5 Å². The summed E-state index contributed by atoms with van der Waals surface area (Å²) >= 11 is 8.01. The zero-order valence-electron chi connectivity index (χ0n) is 13.5. The van der Waals surface area contributed by atoms with Crippen molar-refractivity contribution in [2.24, 2.45) is 0 Å². The lowest BCUT2D eigenvalue weighted by atomic mass is 10.0. The predicted octanol–water partition coefficient (Wildman–Crippen LogP) is 4.32. The number of fused-ring (bicyclic) bond motifs is 1. The molecule has 0 saturated heterocycles. The number of carbonyl (C=O) groups is 1. The van der Waals surface area contributed by atoms with E-state index in [2.05, 4.69) is 17.4 Å². The predicted molar refractivity (Wildman–Crippen MR) is 96.5 cm³/mol. The molecule has 6 heteroatoms. The maximum atomic E-state index is 12.7. The maximum Gasteiger partial charge on any atom is 0.251 e. The summed E-state index contributed by atoms with van der Waals surface area (Å²) in [5.41, 5.74) is 1.61. The lowest BCUT2D eigenvalue weighted by Gasteiger charge is -2.26. The summed E-state index contributed by atoms with van der Waals surface area (Å²) in [6.07, 6.45) is 0.897. The molecule has 0 aromatic heterocycles. The minimum Gasteiger partial charge on any atom is -0.493 e. The summed E-state index contributed by atoms with van der Waals surface area (Å²) in [4.78, 5) is 13.9. The van der Waals surface area contributed by atoms with Crippen LogP contribution in [0, 0.1) is 0 Å². The Bertz CT molecular complexity index is 766. The average Bonchev–Trinajstić information content (AvgIpc) is 2.61. The molecule has 1 heterocycles. The van der Waals surface area contributed by atoms with Crippen LogP contribution in [0.5, 0.6) is 11.5 Å². The van der Waals surface area contributed by atoms with Crippen molar-refractivity contribution in [2.75, 3.05) is 20.0 Å². The topological polar surface area (TPSA) is 47.6 Å². The lowest BCUT2D eigenvalue weighted by Crippen LogP contribution is -2.30. The highest BCUT2D eigenvalue weighted by Gasteiger charge is 2.23. The molecule has 126 valence electrons. The van der Waals surface area contributed by atoms with E-state index in [0.29, 0.717) is 22.1 Å². The van der Waals surface area contributed by atoms with Crippen LogP contribution in [-0.2, 0) is 0 Å². The molecule has 0 fully saturated rings. The largest absolute Gasteiger partial charge is 0.493 e. The number of nitrogens with one attached hydrogen (secondary N) is 1. The number of hydrogen-bond donors (Lipinski definition) is 1. The van der Waals surface area contributed by atoms with Gasteiger partial charge in [-0.1, -0.05) is 29.8 Å². The van der Waals surface area contributed by atoms with Crippen molar-refractivity contribution in [3.8, 4) is 11.5 Å². The molecular weight excluding hydrogens is 346 g/mol. The first kappa shape index (κ1) is 17.0. The molecule has 0 spiro atoms. The number of benzene rings is 2. The Morgan fingerprint density at radius 1 is 1.25 bits per heavy atom. The van der Waals surface area contributed by atoms with Gasteiger partial charge in [-0.05, 0) is 30.2 Å². The molecule has 2 aromatic rings.